The van der Waals surface area contributed by atoms with Gasteiger partial charge in [0.05, 0.1) is 11.9 Å². The van der Waals surface area contributed by atoms with Gasteiger partial charge in [-0.05, 0) is 12.8 Å². The van der Waals surface area contributed by atoms with E-state index in [0.29, 0.717) is 5.92 Å². The van der Waals surface area contributed by atoms with Gasteiger partial charge >= 0.3 is 0 Å². The number of ketones is 1. The Labute approximate surface area is 70.0 Å². The summed E-state index contributed by atoms with van der Waals surface area (Å²) in [5.41, 5.74) is 0.912. The Kier molecular flexibility index (Phi) is 1.60. The zero-order chi connectivity index (χ0) is 8.55. The van der Waals surface area contributed by atoms with Crippen LogP contribution in [-0.4, -0.2) is 21.0 Å². The Balaban J connectivity index is 2.32. The summed E-state index contributed by atoms with van der Waals surface area (Å²) in [6, 6.07) is 0. The maximum Gasteiger partial charge on any atom is 0.217 e. The molecule has 1 aliphatic carbocycles. The zero-order valence-electron chi connectivity index (χ0n) is 6.82. The molecule has 1 aromatic heterocycles. The van der Waals surface area contributed by atoms with Crippen molar-refractivity contribution in [2.45, 2.75) is 25.7 Å². The highest BCUT2D eigenvalue weighted by Gasteiger charge is 2.26. The predicted octanol–water partition coefficient (Wildman–Crippen LogP) is 0.952. The van der Waals surface area contributed by atoms with Crippen molar-refractivity contribution in [2.24, 2.45) is 0 Å². The summed E-state index contributed by atoms with van der Waals surface area (Å²) >= 11 is 0. The Bertz CT molecular complexity index is 320. The molecule has 0 bridgehead atoms. The number of nitrogens with zero attached hydrogens (tertiary/aromatic N) is 3. The van der Waals surface area contributed by atoms with Crippen LogP contribution in [0.1, 0.15) is 42.0 Å². The lowest BCUT2D eigenvalue weighted by molar-refractivity contribution is 0.100. The molecular formula is C8H9N3O. The lowest BCUT2D eigenvalue weighted by Gasteiger charge is -1.96. The average molecular weight is 163 g/mol. The van der Waals surface area contributed by atoms with Crippen LogP contribution in [0.3, 0.4) is 0 Å². The molecule has 4 nitrogen and oxygen atoms in total. The van der Waals surface area contributed by atoms with Gasteiger partial charge in [0.2, 0.25) is 5.82 Å². The van der Waals surface area contributed by atoms with Gasteiger partial charge in [0.25, 0.3) is 0 Å². The van der Waals surface area contributed by atoms with Gasteiger partial charge in [-0.25, -0.2) is 4.98 Å². The van der Waals surface area contributed by atoms with Crippen LogP contribution in [0.25, 0.3) is 0 Å². The molecule has 0 amide bonds. The van der Waals surface area contributed by atoms with Gasteiger partial charge in [0.1, 0.15) is 0 Å². The molecule has 0 aliphatic heterocycles. The highest BCUT2D eigenvalue weighted by Crippen LogP contribution is 2.38. The number of carbonyl (C=O) groups excluding carboxylic acids is 1. The van der Waals surface area contributed by atoms with Gasteiger partial charge in [-0.15, -0.1) is 5.10 Å². The van der Waals surface area contributed by atoms with E-state index in [2.05, 4.69) is 15.2 Å². The standard InChI is InChI=1S/C8H9N3O/c1-5(12)8-10-7(4-9-11-8)6-2-3-6/h4,6H,2-3H2,1H3. The minimum atomic E-state index is -0.120. The minimum absolute atomic E-state index is 0.120. The molecule has 0 N–H and O–H groups in total. The Hall–Kier alpha value is -1.32. The molecule has 0 saturated heterocycles. The van der Waals surface area contributed by atoms with Crippen LogP contribution >= 0.6 is 0 Å². The number of aromatic nitrogens is 3. The summed E-state index contributed by atoms with van der Waals surface area (Å²) in [5.74, 6) is 0.642. The van der Waals surface area contributed by atoms with Crippen molar-refractivity contribution in [3.8, 4) is 0 Å². The summed E-state index contributed by atoms with van der Waals surface area (Å²) in [4.78, 5) is 15.0. The average Bonchev–Trinajstić information content (AvgIpc) is 2.87. The highest BCUT2D eigenvalue weighted by molar-refractivity contribution is 5.89. The van der Waals surface area contributed by atoms with Gasteiger partial charge in [-0.2, -0.15) is 5.10 Å². The first-order valence-electron chi connectivity index (χ1n) is 3.98. The van der Waals surface area contributed by atoms with Crippen LogP contribution in [-0.2, 0) is 0 Å². The Morgan fingerprint density at radius 3 is 2.92 bits per heavy atom. The summed E-state index contributed by atoms with van der Waals surface area (Å²) in [6.07, 6.45) is 3.97. The molecule has 0 radical (unpaired) electrons. The molecule has 4 heteroatoms. The SMILES string of the molecule is CC(=O)c1nncc(C2CC2)n1. The maximum absolute atomic E-state index is 10.9. The van der Waals surface area contributed by atoms with Crippen LogP contribution in [0.2, 0.25) is 0 Å². The maximum atomic E-state index is 10.9. The molecule has 62 valence electrons. The van der Waals surface area contributed by atoms with Gasteiger partial charge < -0.3 is 0 Å². The van der Waals surface area contributed by atoms with Gasteiger partial charge in [0, 0.05) is 12.8 Å². The number of carbonyl (C=O) groups is 1. The number of hydrogen-bond donors (Lipinski definition) is 0. The van der Waals surface area contributed by atoms with Gasteiger partial charge in [-0.3, -0.25) is 4.79 Å². The first kappa shape index (κ1) is 7.34. The second-order valence-corrected chi connectivity index (χ2v) is 3.04. The lowest BCUT2D eigenvalue weighted by Crippen LogP contribution is -2.04. The highest BCUT2D eigenvalue weighted by atomic mass is 16.1. The second-order valence-electron chi connectivity index (χ2n) is 3.04. The molecule has 2 rings (SSSR count). The van der Waals surface area contributed by atoms with Crippen molar-refractivity contribution in [1.82, 2.24) is 15.2 Å². The molecule has 1 heterocycles. The summed E-state index contributed by atoms with van der Waals surface area (Å²) in [7, 11) is 0. The fraction of sp³-hybridized carbons (Fsp3) is 0.500. The fourth-order valence-electron chi connectivity index (χ4n) is 1.04. The van der Waals surface area contributed by atoms with Crippen molar-refractivity contribution in [1.29, 1.82) is 0 Å². The molecule has 1 aliphatic rings. The fourth-order valence-corrected chi connectivity index (χ4v) is 1.04. The van der Waals surface area contributed by atoms with Crippen molar-refractivity contribution in [2.75, 3.05) is 0 Å². The molecule has 12 heavy (non-hydrogen) atoms. The van der Waals surface area contributed by atoms with Crippen molar-refractivity contribution >= 4 is 5.78 Å². The molecule has 0 spiro atoms. The molecule has 1 saturated carbocycles. The summed E-state index contributed by atoms with van der Waals surface area (Å²) in [5, 5.41) is 7.37. The van der Waals surface area contributed by atoms with Gasteiger partial charge in [-0.1, -0.05) is 0 Å². The topological polar surface area (TPSA) is 55.7 Å². The first-order valence-corrected chi connectivity index (χ1v) is 3.98. The van der Waals surface area contributed by atoms with Crippen LogP contribution < -0.4 is 0 Å². The summed E-state index contributed by atoms with van der Waals surface area (Å²) < 4.78 is 0. The van der Waals surface area contributed by atoms with E-state index in [0.717, 1.165) is 18.5 Å². The molecule has 1 aromatic rings. The second kappa shape index (κ2) is 2.62. The quantitative estimate of drug-likeness (QED) is 0.609. The van der Waals surface area contributed by atoms with E-state index in [1.165, 1.54) is 6.92 Å². The van der Waals surface area contributed by atoms with Crippen LogP contribution in [0, 0.1) is 0 Å². The Morgan fingerprint density at radius 1 is 1.58 bits per heavy atom. The van der Waals surface area contributed by atoms with E-state index in [1.807, 2.05) is 0 Å². The Morgan fingerprint density at radius 2 is 2.33 bits per heavy atom. The number of rotatable bonds is 2. The molecular weight excluding hydrogens is 154 g/mol. The first-order chi connectivity index (χ1) is 5.77. The third-order valence-electron chi connectivity index (χ3n) is 1.89. The molecule has 1 fully saturated rings. The van der Waals surface area contributed by atoms with Crippen LogP contribution in [0.5, 0.6) is 0 Å². The lowest BCUT2D eigenvalue weighted by atomic mass is 10.3. The van der Waals surface area contributed by atoms with E-state index in [9.17, 15) is 4.79 Å². The van der Waals surface area contributed by atoms with Crippen LogP contribution in [0.15, 0.2) is 6.20 Å². The predicted molar refractivity (Wildman–Crippen MR) is 41.8 cm³/mol. The normalized spacial score (nSPS) is 16.1. The van der Waals surface area contributed by atoms with E-state index in [4.69, 9.17) is 0 Å². The van der Waals surface area contributed by atoms with E-state index < -0.39 is 0 Å². The van der Waals surface area contributed by atoms with Gasteiger partial charge in [0.15, 0.2) is 5.78 Å². The third kappa shape index (κ3) is 1.32. The molecule has 0 atom stereocenters. The monoisotopic (exact) mass is 163 g/mol. The molecule has 0 unspecified atom stereocenters. The van der Waals surface area contributed by atoms with Crippen molar-refractivity contribution < 1.29 is 4.79 Å². The number of Topliss-reactive ketones (excluding diaryl/α,β-unsaturated/α-hetero) is 1. The van der Waals surface area contributed by atoms with Crippen LogP contribution in [0.4, 0.5) is 0 Å². The van der Waals surface area contributed by atoms with E-state index in [1.54, 1.807) is 6.20 Å². The summed E-state index contributed by atoms with van der Waals surface area (Å²) in [6.45, 7) is 1.45. The van der Waals surface area contributed by atoms with E-state index >= 15 is 0 Å². The third-order valence-corrected chi connectivity index (χ3v) is 1.89. The largest absolute Gasteiger partial charge is 0.291 e. The minimum Gasteiger partial charge on any atom is -0.291 e. The molecule has 0 aromatic carbocycles. The van der Waals surface area contributed by atoms with E-state index in [-0.39, 0.29) is 11.6 Å². The number of hydrogen-bond acceptors (Lipinski definition) is 4. The van der Waals surface area contributed by atoms with Crippen molar-refractivity contribution in [3.63, 3.8) is 0 Å². The smallest absolute Gasteiger partial charge is 0.217 e. The zero-order valence-corrected chi connectivity index (χ0v) is 6.82. The van der Waals surface area contributed by atoms with Crippen molar-refractivity contribution in [3.05, 3.63) is 17.7 Å².